The van der Waals surface area contributed by atoms with Gasteiger partial charge in [0, 0.05) is 12.8 Å². The summed E-state index contributed by atoms with van der Waals surface area (Å²) in [5, 5.41) is 0. The molecule has 0 unspecified atom stereocenters. The highest BCUT2D eigenvalue weighted by atomic mass is 79.9. The van der Waals surface area contributed by atoms with E-state index in [0.717, 1.165) is 22.4 Å². The molecule has 3 nitrogen and oxygen atoms in total. The van der Waals surface area contributed by atoms with Gasteiger partial charge in [0.25, 0.3) is 0 Å². The molecule has 72 valence electrons. The van der Waals surface area contributed by atoms with Gasteiger partial charge in [-0.15, -0.1) is 0 Å². The van der Waals surface area contributed by atoms with Gasteiger partial charge in [0.05, 0.1) is 4.47 Å². The molecular formula is C8H11BrN2OS. The van der Waals surface area contributed by atoms with E-state index in [1.807, 2.05) is 0 Å². The number of nitrogens with one attached hydrogen (secondary N) is 1. The maximum Gasteiger partial charge on any atom is 0.144 e. The molecule has 1 rings (SSSR count). The lowest BCUT2D eigenvalue weighted by Crippen LogP contribution is -2.01. The van der Waals surface area contributed by atoms with Crippen LogP contribution in [0.2, 0.25) is 0 Å². The van der Waals surface area contributed by atoms with Crippen LogP contribution in [0.1, 0.15) is 18.4 Å². The second-order valence-electron chi connectivity index (χ2n) is 2.57. The Morgan fingerprint density at radius 3 is 2.85 bits per heavy atom. The number of nitrogens with zero attached hydrogens (tertiary/aromatic N) is 1. The maximum atomic E-state index is 5.08. The average molecular weight is 263 g/mol. The first-order valence-electron chi connectivity index (χ1n) is 3.95. The summed E-state index contributed by atoms with van der Waals surface area (Å²) >= 11 is 8.46. The number of aromatic nitrogens is 2. The number of aryl methyl sites for hydroxylation is 1. The SMILES string of the molecule is CCc1[nH]c(COC)nc(=S)c1Br. The Morgan fingerprint density at radius 2 is 2.31 bits per heavy atom. The summed E-state index contributed by atoms with van der Waals surface area (Å²) in [4.78, 5) is 7.31. The topological polar surface area (TPSA) is 37.9 Å². The van der Waals surface area contributed by atoms with Gasteiger partial charge >= 0.3 is 0 Å². The van der Waals surface area contributed by atoms with Crippen LogP contribution in [0.3, 0.4) is 0 Å². The van der Waals surface area contributed by atoms with Gasteiger partial charge in [-0.1, -0.05) is 19.1 Å². The van der Waals surface area contributed by atoms with Crippen molar-refractivity contribution >= 4 is 28.1 Å². The first-order chi connectivity index (χ1) is 6.19. The van der Waals surface area contributed by atoms with Crippen molar-refractivity contribution in [1.29, 1.82) is 0 Å². The number of methoxy groups -OCH3 is 1. The van der Waals surface area contributed by atoms with Crippen molar-refractivity contribution in [3.8, 4) is 0 Å². The van der Waals surface area contributed by atoms with E-state index in [1.54, 1.807) is 7.11 Å². The predicted octanol–water partition coefficient (Wildman–Crippen LogP) is 2.61. The highest BCUT2D eigenvalue weighted by Crippen LogP contribution is 2.16. The van der Waals surface area contributed by atoms with E-state index in [2.05, 4.69) is 32.8 Å². The van der Waals surface area contributed by atoms with Crippen LogP contribution in [-0.2, 0) is 17.8 Å². The standard InChI is InChI=1S/C8H11BrN2OS/c1-3-5-7(9)8(13)11-6(10-5)4-12-2/h3-4H2,1-2H3,(H,10,11,13). The summed E-state index contributed by atoms with van der Waals surface area (Å²) in [5.41, 5.74) is 1.06. The molecule has 0 saturated carbocycles. The minimum absolute atomic E-state index is 0.462. The minimum Gasteiger partial charge on any atom is -0.377 e. The Labute approximate surface area is 90.7 Å². The van der Waals surface area contributed by atoms with Crippen molar-refractivity contribution in [2.75, 3.05) is 7.11 Å². The molecule has 0 bridgehead atoms. The van der Waals surface area contributed by atoms with E-state index in [1.165, 1.54) is 0 Å². The molecule has 0 aliphatic heterocycles. The molecule has 1 heterocycles. The summed E-state index contributed by atoms with van der Waals surface area (Å²) in [7, 11) is 1.63. The van der Waals surface area contributed by atoms with Gasteiger partial charge in [0.1, 0.15) is 17.1 Å². The number of halogens is 1. The van der Waals surface area contributed by atoms with Crippen molar-refractivity contribution in [2.24, 2.45) is 0 Å². The number of rotatable bonds is 3. The smallest absolute Gasteiger partial charge is 0.144 e. The van der Waals surface area contributed by atoms with Crippen molar-refractivity contribution in [1.82, 2.24) is 9.97 Å². The second-order valence-corrected chi connectivity index (χ2v) is 3.75. The van der Waals surface area contributed by atoms with Gasteiger partial charge in [-0.3, -0.25) is 0 Å². The number of hydrogen-bond donors (Lipinski definition) is 1. The lowest BCUT2D eigenvalue weighted by atomic mass is 10.3. The fraction of sp³-hybridized carbons (Fsp3) is 0.500. The number of aromatic amines is 1. The molecule has 0 aliphatic carbocycles. The molecule has 0 aromatic carbocycles. The molecule has 1 aromatic rings. The average Bonchev–Trinajstić information content (AvgIpc) is 2.11. The second kappa shape index (κ2) is 4.83. The van der Waals surface area contributed by atoms with Gasteiger partial charge < -0.3 is 9.72 Å². The third-order valence-electron chi connectivity index (χ3n) is 1.62. The first-order valence-corrected chi connectivity index (χ1v) is 5.15. The lowest BCUT2D eigenvalue weighted by molar-refractivity contribution is 0.177. The molecule has 5 heteroatoms. The molecular weight excluding hydrogens is 252 g/mol. The Hall–Kier alpha value is -0.260. The Morgan fingerprint density at radius 1 is 1.62 bits per heavy atom. The molecule has 0 fully saturated rings. The summed E-state index contributed by atoms with van der Waals surface area (Å²) in [6.45, 7) is 2.52. The van der Waals surface area contributed by atoms with Crippen LogP contribution in [0.4, 0.5) is 0 Å². The van der Waals surface area contributed by atoms with Crippen molar-refractivity contribution in [2.45, 2.75) is 20.0 Å². The summed E-state index contributed by atoms with van der Waals surface area (Å²) in [5.74, 6) is 0.771. The third kappa shape index (κ3) is 2.59. The molecule has 0 atom stereocenters. The fourth-order valence-electron chi connectivity index (χ4n) is 1.01. The Kier molecular flexibility index (Phi) is 4.02. The molecule has 1 N–H and O–H groups in total. The van der Waals surface area contributed by atoms with Crippen LogP contribution < -0.4 is 0 Å². The minimum atomic E-state index is 0.462. The first kappa shape index (κ1) is 10.8. The van der Waals surface area contributed by atoms with Crippen LogP contribution in [0, 0.1) is 4.64 Å². The van der Waals surface area contributed by atoms with E-state index in [4.69, 9.17) is 17.0 Å². The zero-order valence-corrected chi connectivity index (χ0v) is 9.96. The van der Waals surface area contributed by atoms with Gasteiger partial charge in [-0.25, -0.2) is 4.98 Å². The van der Waals surface area contributed by atoms with Gasteiger partial charge in [-0.05, 0) is 22.4 Å². The van der Waals surface area contributed by atoms with Crippen molar-refractivity contribution < 1.29 is 4.74 Å². The normalized spacial score (nSPS) is 10.4. The maximum absolute atomic E-state index is 5.08. The van der Waals surface area contributed by atoms with Crippen LogP contribution in [0.25, 0.3) is 0 Å². The molecule has 0 spiro atoms. The van der Waals surface area contributed by atoms with Gasteiger partial charge in [0.15, 0.2) is 0 Å². The predicted molar refractivity (Wildman–Crippen MR) is 57.2 cm³/mol. The van der Waals surface area contributed by atoms with Crippen LogP contribution in [0.15, 0.2) is 4.47 Å². The zero-order chi connectivity index (χ0) is 9.84. The van der Waals surface area contributed by atoms with E-state index in [9.17, 15) is 0 Å². The van der Waals surface area contributed by atoms with Crippen LogP contribution in [0.5, 0.6) is 0 Å². The van der Waals surface area contributed by atoms with Crippen molar-refractivity contribution in [3.63, 3.8) is 0 Å². The third-order valence-corrected chi connectivity index (χ3v) is 3.03. The Balaban J connectivity index is 3.14. The van der Waals surface area contributed by atoms with E-state index in [0.29, 0.717) is 11.2 Å². The fourth-order valence-corrected chi connectivity index (χ4v) is 1.71. The number of hydrogen-bond acceptors (Lipinski definition) is 3. The van der Waals surface area contributed by atoms with E-state index < -0.39 is 0 Å². The van der Waals surface area contributed by atoms with Crippen LogP contribution >= 0.6 is 28.1 Å². The van der Waals surface area contributed by atoms with Crippen molar-refractivity contribution in [3.05, 3.63) is 20.6 Å². The summed E-state index contributed by atoms with van der Waals surface area (Å²) < 4.78 is 6.43. The molecule has 0 amide bonds. The molecule has 0 radical (unpaired) electrons. The monoisotopic (exact) mass is 262 g/mol. The summed E-state index contributed by atoms with van der Waals surface area (Å²) in [6, 6.07) is 0. The molecule has 0 aliphatic rings. The molecule has 0 saturated heterocycles. The zero-order valence-electron chi connectivity index (χ0n) is 7.56. The van der Waals surface area contributed by atoms with Gasteiger partial charge in [-0.2, -0.15) is 0 Å². The highest BCUT2D eigenvalue weighted by molar-refractivity contribution is 9.10. The highest BCUT2D eigenvalue weighted by Gasteiger charge is 2.03. The quantitative estimate of drug-likeness (QED) is 0.852. The number of ether oxygens (including phenoxy) is 1. The number of H-pyrrole nitrogens is 1. The molecule has 1 aromatic heterocycles. The molecule has 13 heavy (non-hydrogen) atoms. The van der Waals surface area contributed by atoms with Crippen LogP contribution in [-0.4, -0.2) is 17.1 Å². The lowest BCUT2D eigenvalue weighted by Gasteiger charge is -2.05. The largest absolute Gasteiger partial charge is 0.377 e. The summed E-state index contributed by atoms with van der Waals surface area (Å²) in [6.07, 6.45) is 0.892. The van der Waals surface area contributed by atoms with E-state index in [-0.39, 0.29) is 0 Å². The van der Waals surface area contributed by atoms with E-state index >= 15 is 0 Å². The van der Waals surface area contributed by atoms with Gasteiger partial charge in [0.2, 0.25) is 0 Å². The Bertz CT molecular complexity index is 350.